The first kappa shape index (κ1) is 8.34. The van der Waals surface area contributed by atoms with Crippen molar-refractivity contribution >= 4 is 0 Å². The molecule has 0 aliphatic rings. The molecule has 0 saturated heterocycles. The molecular weight excluding hydrogens is 112 g/mol. The summed E-state index contributed by atoms with van der Waals surface area (Å²) in [6.07, 6.45) is 2.06. The van der Waals surface area contributed by atoms with E-state index in [0.717, 1.165) is 6.54 Å². The van der Waals surface area contributed by atoms with Crippen LogP contribution >= 0.6 is 0 Å². The van der Waals surface area contributed by atoms with Gasteiger partial charge in [0.25, 0.3) is 0 Å². The van der Waals surface area contributed by atoms with Gasteiger partial charge < -0.3 is 10.2 Å². The molecule has 0 amide bonds. The zero-order chi connectivity index (χ0) is 7.28. The molecule has 0 radical (unpaired) electrons. The van der Waals surface area contributed by atoms with Crippen LogP contribution in [0.25, 0.3) is 0 Å². The summed E-state index contributed by atoms with van der Waals surface area (Å²) in [7, 11) is 3.99. The second-order valence-electron chi connectivity index (χ2n) is 1.94. The van der Waals surface area contributed by atoms with Crippen molar-refractivity contribution in [2.45, 2.75) is 13.8 Å². The maximum atomic E-state index is 3.09. The number of rotatable bonds is 3. The molecule has 0 unspecified atom stereocenters. The van der Waals surface area contributed by atoms with E-state index in [0.29, 0.717) is 0 Å². The van der Waals surface area contributed by atoms with E-state index in [-0.39, 0.29) is 0 Å². The lowest BCUT2D eigenvalue weighted by Crippen LogP contribution is -2.25. The molecule has 2 nitrogen and oxygen atoms in total. The fourth-order valence-corrected chi connectivity index (χ4v) is 0.726. The highest BCUT2D eigenvalue weighted by molar-refractivity contribution is 4.93. The molecule has 0 saturated carbocycles. The van der Waals surface area contributed by atoms with Crippen LogP contribution in [0.4, 0.5) is 0 Å². The third kappa shape index (κ3) is 2.40. The Balaban J connectivity index is 3.80. The van der Waals surface area contributed by atoms with Crippen molar-refractivity contribution in [3.8, 4) is 0 Å². The lowest BCUT2D eigenvalue weighted by Gasteiger charge is -2.19. The minimum absolute atomic E-state index is 1.04. The molecule has 0 heterocycles. The summed E-state index contributed by atoms with van der Waals surface area (Å²) in [5.41, 5.74) is 0. The topological polar surface area (TPSA) is 15.3 Å². The number of hydrogen-bond donors (Lipinski definition) is 1. The Morgan fingerprint density at radius 2 is 2.22 bits per heavy atom. The average Bonchev–Trinajstić information content (AvgIpc) is 1.90. The Kier molecular flexibility index (Phi) is 3.93. The van der Waals surface area contributed by atoms with E-state index in [1.54, 1.807) is 0 Å². The fourth-order valence-electron chi connectivity index (χ4n) is 0.726. The summed E-state index contributed by atoms with van der Waals surface area (Å²) >= 11 is 0. The molecular formula is C7H16N2. The van der Waals surface area contributed by atoms with Gasteiger partial charge in [-0.2, -0.15) is 0 Å². The van der Waals surface area contributed by atoms with Crippen molar-refractivity contribution in [1.82, 2.24) is 10.2 Å². The van der Waals surface area contributed by atoms with Crippen molar-refractivity contribution in [1.29, 1.82) is 0 Å². The zero-order valence-electron chi connectivity index (χ0n) is 6.73. The molecule has 2 heteroatoms. The van der Waals surface area contributed by atoms with Gasteiger partial charge in [0.2, 0.25) is 0 Å². The normalized spacial score (nSPS) is 11.3. The average molecular weight is 128 g/mol. The van der Waals surface area contributed by atoms with Crippen LogP contribution < -0.4 is 5.32 Å². The smallest absolute Gasteiger partial charge is 0.0963 e. The van der Waals surface area contributed by atoms with Gasteiger partial charge in [-0.25, -0.2) is 0 Å². The summed E-state index contributed by atoms with van der Waals surface area (Å²) < 4.78 is 0. The van der Waals surface area contributed by atoms with E-state index in [1.165, 1.54) is 5.82 Å². The minimum atomic E-state index is 1.04. The lowest BCUT2D eigenvalue weighted by molar-refractivity contribution is 0.413. The molecule has 54 valence electrons. The van der Waals surface area contributed by atoms with E-state index >= 15 is 0 Å². The number of allylic oxidation sites excluding steroid dienone is 1. The van der Waals surface area contributed by atoms with Crippen molar-refractivity contribution in [2.24, 2.45) is 0 Å². The summed E-state index contributed by atoms with van der Waals surface area (Å²) in [4.78, 5) is 2.15. The summed E-state index contributed by atoms with van der Waals surface area (Å²) in [6, 6.07) is 0. The van der Waals surface area contributed by atoms with Gasteiger partial charge in [0, 0.05) is 20.6 Å². The van der Waals surface area contributed by atoms with Crippen molar-refractivity contribution < 1.29 is 0 Å². The lowest BCUT2D eigenvalue weighted by atomic mass is 10.5. The Morgan fingerprint density at radius 3 is 2.33 bits per heavy atom. The molecule has 0 aromatic rings. The highest BCUT2D eigenvalue weighted by Gasteiger charge is 1.94. The van der Waals surface area contributed by atoms with Crippen LogP contribution in [0.5, 0.6) is 0 Å². The van der Waals surface area contributed by atoms with Gasteiger partial charge in [0.15, 0.2) is 0 Å². The molecule has 0 aliphatic carbocycles. The van der Waals surface area contributed by atoms with E-state index < -0.39 is 0 Å². The predicted octanol–water partition coefficient (Wildman–Crippen LogP) is 1.02. The van der Waals surface area contributed by atoms with E-state index in [2.05, 4.69) is 30.3 Å². The highest BCUT2D eigenvalue weighted by atomic mass is 15.2. The zero-order valence-corrected chi connectivity index (χ0v) is 6.73. The van der Waals surface area contributed by atoms with Gasteiger partial charge in [-0.05, 0) is 19.9 Å². The van der Waals surface area contributed by atoms with Crippen LogP contribution in [-0.2, 0) is 0 Å². The van der Waals surface area contributed by atoms with Gasteiger partial charge >= 0.3 is 0 Å². The molecule has 0 aromatic heterocycles. The summed E-state index contributed by atoms with van der Waals surface area (Å²) in [6.45, 7) is 5.19. The summed E-state index contributed by atoms with van der Waals surface area (Å²) in [5, 5.41) is 3.09. The first-order valence-corrected chi connectivity index (χ1v) is 3.31. The maximum Gasteiger partial charge on any atom is 0.0963 e. The third-order valence-corrected chi connectivity index (χ3v) is 1.42. The van der Waals surface area contributed by atoms with Crippen LogP contribution in [0.15, 0.2) is 11.9 Å². The Bertz CT molecular complexity index is 97.1. The quantitative estimate of drug-likeness (QED) is 0.610. The summed E-state index contributed by atoms with van der Waals surface area (Å²) in [5.74, 6) is 1.18. The van der Waals surface area contributed by atoms with E-state index in [9.17, 15) is 0 Å². The number of nitrogens with zero attached hydrogens (tertiary/aromatic N) is 1. The number of hydrogen-bond acceptors (Lipinski definition) is 2. The SMILES string of the molecule is C/C=C(/NC)N(C)CC. The highest BCUT2D eigenvalue weighted by Crippen LogP contribution is 1.92. The van der Waals surface area contributed by atoms with Crippen LogP contribution in [0.3, 0.4) is 0 Å². The third-order valence-electron chi connectivity index (χ3n) is 1.42. The van der Waals surface area contributed by atoms with Crippen LogP contribution in [0.1, 0.15) is 13.8 Å². The van der Waals surface area contributed by atoms with Gasteiger partial charge in [-0.3, -0.25) is 0 Å². The molecule has 0 fully saturated rings. The molecule has 0 atom stereocenters. The van der Waals surface area contributed by atoms with Crippen LogP contribution in [0, 0.1) is 0 Å². The first-order chi connectivity index (χ1) is 4.26. The Hall–Kier alpha value is -0.660. The Labute approximate surface area is 57.5 Å². The second kappa shape index (κ2) is 4.24. The molecule has 0 bridgehead atoms. The Morgan fingerprint density at radius 1 is 1.67 bits per heavy atom. The van der Waals surface area contributed by atoms with Gasteiger partial charge in [0.05, 0.1) is 5.82 Å². The standard InChI is InChI=1S/C7H16N2/c1-5-7(8-3)9(4)6-2/h5,8H,6H2,1-4H3/b7-5-. The first-order valence-electron chi connectivity index (χ1n) is 3.31. The monoisotopic (exact) mass is 128 g/mol. The largest absolute Gasteiger partial charge is 0.375 e. The molecule has 9 heavy (non-hydrogen) atoms. The molecule has 0 spiro atoms. The van der Waals surface area contributed by atoms with Gasteiger partial charge in [-0.15, -0.1) is 0 Å². The molecule has 0 aliphatic heterocycles. The molecule has 1 N–H and O–H groups in total. The van der Waals surface area contributed by atoms with Gasteiger partial charge in [0.1, 0.15) is 0 Å². The van der Waals surface area contributed by atoms with E-state index in [1.807, 2.05) is 14.0 Å². The fraction of sp³-hybridized carbons (Fsp3) is 0.714. The van der Waals surface area contributed by atoms with Crippen molar-refractivity contribution in [3.63, 3.8) is 0 Å². The predicted molar refractivity (Wildman–Crippen MR) is 41.1 cm³/mol. The minimum Gasteiger partial charge on any atom is -0.375 e. The van der Waals surface area contributed by atoms with Crippen LogP contribution in [0.2, 0.25) is 0 Å². The van der Waals surface area contributed by atoms with Gasteiger partial charge in [-0.1, -0.05) is 0 Å². The molecule has 0 aromatic carbocycles. The van der Waals surface area contributed by atoms with Crippen molar-refractivity contribution in [3.05, 3.63) is 11.9 Å². The molecule has 0 rings (SSSR count). The van der Waals surface area contributed by atoms with Crippen molar-refractivity contribution in [2.75, 3.05) is 20.6 Å². The van der Waals surface area contributed by atoms with E-state index in [4.69, 9.17) is 0 Å². The maximum absolute atomic E-state index is 3.09. The number of nitrogens with one attached hydrogen (secondary N) is 1. The second-order valence-corrected chi connectivity index (χ2v) is 1.94. The van der Waals surface area contributed by atoms with Crippen LogP contribution in [-0.4, -0.2) is 25.5 Å².